The molecule has 0 saturated carbocycles. The number of ether oxygens (including phenoxy) is 1. The highest BCUT2D eigenvalue weighted by atomic mass is 16.6. The van der Waals surface area contributed by atoms with Crippen molar-refractivity contribution < 1.29 is 14.5 Å². The van der Waals surface area contributed by atoms with Crippen molar-refractivity contribution in [3.63, 3.8) is 0 Å². The number of nitro groups is 1. The Morgan fingerprint density at radius 2 is 2.14 bits per heavy atom. The highest BCUT2D eigenvalue weighted by Gasteiger charge is 2.11. The Labute approximate surface area is 125 Å². The molecule has 2 aromatic rings. The number of hydrogen-bond donors (Lipinski definition) is 0. The highest BCUT2D eigenvalue weighted by Crippen LogP contribution is 2.21. The Balaban J connectivity index is 2.37. The van der Waals surface area contributed by atoms with E-state index in [4.69, 9.17) is 4.74 Å². The molecule has 0 saturated heterocycles. The lowest BCUT2D eigenvalue weighted by molar-refractivity contribution is -0.384. The lowest BCUT2D eigenvalue weighted by Crippen LogP contribution is -2.27. The van der Waals surface area contributed by atoms with Crippen LogP contribution in [-0.2, 0) is 16.1 Å². The fourth-order valence-corrected chi connectivity index (χ4v) is 1.82. The summed E-state index contributed by atoms with van der Waals surface area (Å²) < 4.78 is 5.73. The van der Waals surface area contributed by atoms with E-state index < -0.39 is 16.5 Å². The van der Waals surface area contributed by atoms with E-state index in [1.165, 1.54) is 30.3 Å². The molecule has 0 amide bonds. The van der Waals surface area contributed by atoms with Gasteiger partial charge in [0.25, 0.3) is 11.2 Å². The summed E-state index contributed by atoms with van der Waals surface area (Å²) in [6.45, 7) is 1.56. The molecule has 1 aromatic carbocycles. The van der Waals surface area contributed by atoms with Crippen molar-refractivity contribution in [3.8, 4) is 11.3 Å². The Hall–Kier alpha value is -3.03. The van der Waals surface area contributed by atoms with Crippen LogP contribution in [0.2, 0.25) is 0 Å². The molecule has 2 rings (SSSR count). The number of esters is 1. The largest absolute Gasteiger partial charge is 0.465 e. The van der Waals surface area contributed by atoms with Crippen LogP contribution in [0.3, 0.4) is 0 Å². The quantitative estimate of drug-likeness (QED) is 0.469. The van der Waals surface area contributed by atoms with Gasteiger partial charge in [-0.2, -0.15) is 5.10 Å². The summed E-state index contributed by atoms with van der Waals surface area (Å²) in [5, 5.41) is 14.8. The van der Waals surface area contributed by atoms with Gasteiger partial charge in [-0.15, -0.1) is 0 Å². The molecule has 8 heteroatoms. The van der Waals surface area contributed by atoms with Gasteiger partial charge in [0.2, 0.25) is 0 Å². The molecule has 114 valence electrons. The molecule has 0 fully saturated rings. The van der Waals surface area contributed by atoms with Crippen molar-refractivity contribution in [3.05, 3.63) is 56.9 Å². The Kier molecular flexibility index (Phi) is 4.62. The highest BCUT2D eigenvalue weighted by molar-refractivity contribution is 5.69. The van der Waals surface area contributed by atoms with Gasteiger partial charge < -0.3 is 4.74 Å². The number of carbonyl (C=O) groups excluding carboxylic acids is 1. The predicted molar refractivity (Wildman–Crippen MR) is 77.2 cm³/mol. The maximum absolute atomic E-state index is 11.7. The van der Waals surface area contributed by atoms with Gasteiger partial charge in [-0.25, -0.2) is 4.68 Å². The third-order valence-corrected chi connectivity index (χ3v) is 2.80. The van der Waals surface area contributed by atoms with Crippen LogP contribution in [0.5, 0.6) is 0 Å². The summed E-state index contributed by atoms with van der Waals surface area (Å²) >= 11 is 0. The van der Waals surface area contributed by atoms with Crippen molar-refractivity contribution in [1.29, 1.82) is 0 Å². The second-order valence-corrected chi connectivity index (χ2v) is 4.33. The predicted octanol–water partition coefficient (Wildman–Crippen LogP) is 1.38. The molecule has 0 unspecified atom stereocenters. The van der Waals surface area contributed by atoms with Crippen LogP contribution >= 0.6 is 0 Å². The van der Waals surface area contributed by atoms with Crippen molar-refractivity contribution in [2.75, 3.05) is 6.61 Å². The van der Waals surface area contributed by atoms with Crippen molar-refractivity contribution in [2.45, 2.75) is 13.5 Å². The zero-order valence-electron chi connectivity index (χ0n) is 11.8. The molecule has 0 N–H and O–H groups in total. The maximum atomic E-state index is 11.7. The minimum Gasteiger partial charge on any atom is -0.465 e. The fraction of sp³-hybridized carbons (Fsp3) is 0.214. The van der Waals surface area contributed by atoms with Gasteiger partial charge in [0.05, 0.1) is 17.2 Å². The van der Waals surface area contributed by atoms with E-state index >= 15 is 0 Å². The van der Waals surface area contributed by atoms with Gasteiger partial charge in [-0.3, -0.25) is 19.7 Å². The van der Waals surface area contributed by atoms with Crippen LogP contribution in [0.4, 0.5) is 5.69 Å². The van der Waals surface area contributed by atoms with Crippen LogP contribution in [0.15, 0.2) is 41.2 Å². The molecular weight excluding hydrogens is 290 g/mol. The molecule has 0 aliphatic carbocycles. The van der Waals surface area contributed by atoms with Gasteiger partial charge in [0.1, 0.15) is 6.54 Å². The molecule has 0 aliphatic heterocycles. The summed E-state index contributed by atoms with van der Waals surface area (Å²) in [4.78, 5) is 33.4. The number of aromatic nitrogens is 2. The molecule has 0 bridgehead atoms. The van der Waals surface area contributed by atoms with E-state index in [0.29, 0.717) is 11.3 Å². The van der Waals surface area contributed by atoms with E-state index in [2.05, 4.69) is 5.10 Å². The van der Waals surface area contributed by atoms with Gasteiger partial charge in [0, 0.05) is 23.8 Å². The normalized spacial score (nSPS) is 10.2. The standard InChI is InChI=1S/C14H13N3O5/c1-2-22-14(19)9-16-13(18)7-6-12(15-16)10-4-3-5-11(8-10)17(20)21/h3-8H,2,9H2,1H3. The summed E-state index contributed by atoms with van der Waals surface area (Å²) in [6, 6.07) is 8.56. The van der Waals surface area contributed by atoms with Crippen LogP contribution in [-0.4, -0.2) is 27.3 Å². The number of benzene rings is 1. The summed E-state index contributed by atoms with van der Waals surface area (Å²) in [6.07, 6.45) is 0. The molecule has 0 spiro atoms. The van der Waals surface area contributed by atoms with Crippen molar-refractivity contribution in [2.24, 2.45) is 0 Å². The molecule has 22 heavy (non-hydrogen) atoms. The zero-order chi connectivity index (χ0) is 16.1. The van der Waals surface area contributed by atoms with Gasteiger partial charge in [-0.05, 0) is 13.0 Å². The van der Waals surface area contributed by atoms with E-state index in [1.807, 2.05) is 0 Å². The molecule has 1 aromatic heterocycles. The Bertz CT molecular complexity index is 769. The summed E-state index contributed by atoms with van der Waals surface area (Å²) in [5.41, 5.74) is 0.295. The number of nitrogens with zero attached hydrogens (tertiary/aromatic N) is 3. The molecule has 1 heterocycles. The third kappa shape index (κ3) is 3.54. The van der Waals surface area contributed by atoms with E-state index in [0.717, 1.165) is 4.68 Å². The first-order valence-corrected chi connectivity index (χ1v) is 6.50. The number of rotatable bonds is 5. The average molecular weight is 303 g/mol. The monoisotopic (exact) mass is 303 g/mol. The number of carbonyl (C=O) groups is 1. The first-order chi connectivity index (χ1) is 10.5. The smallest absolute Gasteiger partial charge is 0.327 e. The molecule has 8 nitrogen and oxygen atoms in total. The Morgan fingerprint density at radius 1 is 1.36 bits per heavy atom. The van der Waals surface area contributed by atoms with Crippen LogP contribution in [0, 0.1) is 10.1 Å². The van der Waals surface area contributed by atoms with Crippen LogP contribution < -0.4 is 5.56 Å². The van der Waals surface area contributed by atoms with Gasteiger partial charge in [0.15, 0.2) is 0 Å². The Morgan fingerprint density at radius 3 is 2.82 bits per heavy atom. The molecule has 0 atom stereocenters. The number of nitro benzene ring substituents is 1. The van der Waals surface area contributed by atoms with E-state index in [1.54, 1.807) is 13.0 Å². The van der Waals surface area contributed by atoms with Gasteiger partial charge in [-0.1, -0.05) is 12.1 Å². The first kappa shape index (κ1) is 15.4. The zero-order valence-corrected chi connectivity index (χ0v) is 11.8. The van der Waals surface area contributed by atoms with Gasteiger partial charge >= 0.3 is 5.97 Å². The minimum atomic E-state index is -0.576. The maximum Gasteiger partial charge on any atom is 0.327 e. The average Bonchev–Trinajstić information content (AvgIpc) is 2.50. The second-order valence-electron chi connectivity index (χ2n) is 4.33. The number of non-ortho nitro benzene ring substituents is 1. The van der Waals surface area contributed by atoms with Crippen LogP contribution in [0.1, 0.15) is 6.92 Å². The van der Waals surface area contributed by atoms with E-state index in [-0.39, 0.29) is 18.8 Å². The SMILES string of the molecule is CCOC(=O)Cn1nc(-c2cccc([N+](=O)[O-])c2)ccc1=O. The second kappa shape index (κ2) is 6.61. The fourth-order valence-electron chi connectivity index (χ4n) is 1.82. The van der Waals surface area contributed by atoms with Crippen LogP contribution in [0.25, 0.3) is 11.3 Å². The molecular formula is C14H13N3O5. The lowest BCUT2D eigenvalue weighted by atomic mass is 10.1. The summed E-state index contributed by atoms with van der Waals surface area (Å²) in [7, 11) is 0. The van der Waals surface area contributed by atoms with Crippen molar-refractivity contribution >= 4 is 11.7 Å². The minimum absolute atomic E-state index is 0.0811. The van der Waals surface area contributed by atoms with Crippen molar-refractivity contribution in [1.82, 2.24) is 9.78 Å². The number of hydrogen-bond acceptors (Lipinski definition) is 6. The molecule has 0 radical (unpaired) electrons. The lowest BCUT2D eigenvalue weighted by Gasteiger charge is -2.06. The van der Waals surface area contributed by atoms with E-state index in [9.17, 15) is 19.7 Å². The third-order valence-electron chi connectivity index (χ3n) is 2.80. The summed E-state index contributed by atoms with van der Waals surface area (Å²) in [5.74, 6) is -0.576. The first-order valence-electron chi connectivity index (χ1n) is 6.50. The topological polar surface area (TPSA) is 104 Å². The molecule has 0 aliphatic rings.